The molecular formula is C52H66N4O12. The first-order chi connectivity index (χ1) is 33.2. The first-order valence-electron chi connectivity index (χ1n) is 24.0. The molecule has 3 heterocycles. The van der Waals surface area contributed by atoms with E-state index >= 15 is 0 Å². The Labute approximate surface area is 398 Å². The maximum Gasteiger partial charge on any atom is 0.269 e. The maximum atomic E-state index is 15.0. The number of rotatable bonds is 25. The lowest BCUT2D eigenvalue weighted by atomic mass is 9.55. The zero-order valence-electron chi connectivity index (χ0n) is 39.0. The van der Waals surface area contributed by atoms with Crippen LogP contribution in [-0.2, 0) is 30.4 Å². The van der Waals surface area contributed by atoms with Gasteiger partial charge >= 0.3 is 0 Å². The number of carbonyl (C=O) groups is 1. The summed E-state index contributed by atoms with van der Waals surface area (Å²) in [6.45, 7) is 6.98. The van der Waals surface area contributed by atoms with Gasteiger partial charge in [-0.1, -0.05) is 36.2 Å². The number of ether oxygens (including phenoxy) is 5. The van der Waals surface area contributed by atoms with Gasteiger partial charge in [-0.3, -0.25) is 19.9 Å². The lowest BCUT2D eigenvalue weighted by Crippen LogP contribution is -2.70. The molecule has 0 radical (unpaired) electrons. The minimum absolute atomic E-state index is 0.0151. The topological polar surface area (TPSA) is 205 Å². The lowest BCUT2D eigenvalue weighted by Gasteiger charge is -2.60. The Morgan fingerprint density at radius 3 is 2.56 bits per heavy atom. The number of aliphatic hydroxyl groups is 3. The van der Waals surface area contributed by atoms with Crippen molar-refractivity contribution in [2.75, 3.05) is 52.8 Å². The largest absolute Gasteiger partial charge is 0.487 e. The molecule has 0 spiro atoms. The standard InChI is InChI=1S/C52H66N4O12/c1-3-28-66-52-47(55(24-30-63-31-27-59)48(60)23-18-37-16-19-40(20-17-37)56(61)62)34-45(54-68-49-15-6-9-29-64-49)43-32-38(12-4-7-25-57)42(14-5-8-26-58)50(51(43)52)44-33-41(21-22-46(44)67-52)65-35-39-13-10-11-36(2)53-39/h3,10-11,13,16-23,32-33,38,42,47,49-51,57-59H,1,4-9,12,14-15,24-31,34-35H2,2H3/t38-,42+,47-,49?,50+,51+,52+/m0/s1. The third kappa shape index (κ3) is 12.2. The zero-order valence-corrected chi connectivity index (χ0v) is 39.0. The third-order valence-corrected chi connectivity index (χ3v) is 13.3. The Bertz CT molecular complexity index is 2240. The fourth-order valence-electron chi connectivity index (χ4n) is 10.2. The highest BCUT2D eigenvalue weighted by molar-refractivity contribution is 6.03. The number of non-ortho nitro benzene ring substituents is 1. The summed E-state index contributed by atoms with van der Waals surface area (Å²) in [7, 11) is 0. The van der Waals surface area contributed by atoms with Crippen molar-refractivity contribution in [1.82, 2.24) is 9.88 Å². The number of pyridine rings is 1. The van der Waals surface area contributed by atoms with E-state index in [1.165, 1.54) is 18.2 Å². The molecule has 0 bridgehead atoms. The first-order valence-corrected chi connectivity index (χ1v) is 24.0. The average molecular weight is 939 g/mol. The van der Waals surface area contributed by atoms with Crippen molar-refractivity contribution in [2.24, 2.45) is 22.9 Å². The molecule has 16 nitrogen and oxygen atoms in total. The van der Waals surface area contributed by atoms with E-state index in [1.807, 2.05) is 43.3 Å². The van der Waals surface area contributed by atoms with Crippen LogP contribution < -0.4 is 9.47 Å². The number of hydrogen-bond acceptors (Lipinski definition) is 14. The van der Waals surface area contributed by atoms with Crippen LogP contribution in [0.2, 0.25) is 0 Å². The Balaban J connectivity index is 1.41. The van der Waals surface area contributed by atoms with Crippen LogP contribution in [0.4, 0.5) is 5.69 Å². The first kappa shape index (κ1) is 50.4. The van der Waals surface area contributed by atoms with Crippen molar-refractivity contribution in [3.8, 4) is 11.5 Å². The number of aromatic nitrogens is 1. The quantitative estimate of drug-likeness (QED) is 0.0247. The molecule has 4 aliphatic rings. The summed E-state index contributed by atoms with van der Waals surface area (Å²) in [4.78, 5) is 38.5. The Kier molecular flexibility index (Phi) is 18.3. The smallest absolute Gasteiger partial charge is 0.269 e. The number of hydrogen-bond donors (Lipinski definition) is 3. The van der Waals surface area contributed by atoms with Gasteiger partial charge < -0.3 is 48.7 Å². The minimum Gasteiger partial charge on any atom is -0.487 e. The van der Waals surface area contributed by atoms with Crippen molar-refractivity contribution in [2.45, 2.75) is 102 Å². The summed E-state index contributed by atoms with van der Waals surface area (Å²) in [6, 6.07) is 16.7. The SMILES string of the molecule is C=CCO[C@@]12Oc3ccc(OCc4cccc(C)n4)cc3[C@H]3[C@H](CCCCO)[C@@H](CCCCO)C=C(C(=NOC4CCCCO4)C[C@@H]1N(CCOCCO)C(=O)C=Cc1ccc([N+](=O)[O-])cc1)[C@H]32. The van der Waals surface area contributed by atoms with Crippen LogP contribution in [0.3, 0.4) is 0 Å². The monoisotopic (exact) mass is 938 g/mol. The number of nitro groups is 1. The van der Waals surface area contributed by atoms with Gasteiger partial charge in [-0.25, -0.2) is 0 Å². The van der Waals surface area contributed by atoms with Crippen molar-refractivity contribution in [3.05, 3.63) is 124 Å². The van der Waals surface area contributed by atoms with Crippen molar-refractivity contribution < 1.29 is 53.6 Å². The molecular weight excluding hydrogens is 873 g/mol. The van der Waals surface area contributed by atoms with E-state index < -0.39 is 34.9 Å². The number of aryl methyl sites for hydroxylation is 1. The number of amides is 1. The van der Waals surface area contributed by atoms with Gasteiger partial charge in [-0.15, -0.1) is 6.58 Å². The number of fused-ring (bicyclic) bond motifs is 2. The highest BCUT2D eigenvalue weighted by atomic mass is 16.8. The van der Waals surface area contributed by atoms with Gasteiger partial charge in [0.2, 0.25) is 18.0 Å². The van der Waals surface area contributed by atoms with Gasteiger partial charge in [-0.05, 0) is 117 Å². The van der Waals surface area contributed by atoms with Gasteiger partial charge in [0, 0.05) is 68.0 Å². The molecule has 7 atom stereocenters. The average Bonchev–Trinajstić information content (AvgIpc) is 3.35. The molecule has 3 aromatic rings. The fraction of sp³-hybridized carbons (Fsp3) is 0.519. The molecule has 1 amide bonds. The van der Waals surface area contributed by atoms with Crippen molar-refractivity contribution in [1.29, 1.82) is 0 Å². The number of oxime groups is 1. The summed E-state index contributed by atoms with van der Waals surface area (Å²) in [6.07, 6.45) is 13.4. The van der Waals surface area contributed by atoms with E-state index in [9.17, 15) is 30.2 Å². The van der Waals surface area contributed by atoms with Crippen LogP contribution in [-0.4, -0.2) is 113 Å². The predicted molar refractivity (Wildman–Crippen MR) is 255 cm³/mol. The summed E-state index contributed by atoms with van der Waals surface area (Å²) < 4.78 is 32.8. The molecule has 366 valence electrons. The van der Waals surface area contributed by atoms with Crippen LogP contribution in [0.25, 0.3) is 6.08 Å². The van der Waals surface area contributed by atoms with Crippen molar-refractivity contribution in [3.63, 3.8) is 0 Å². The van der Waals surface area contributed by atoms with E-state index in [4.69, 9.17) is 33.7 Å². The second kappa shape index (κ2) is 24.7. The molecule has 1 unspecified atom stereocenters. The maximum absolute atomic E-state index is 15.0. The summed E-state index contributed by atoms with van der Waals surface area (Å²) in [5.74, 6) is -1.60. The van der Waals surface area contributed by atoms with Crippen molar-refractivity contribution >= 4 is 23.4 Å². The minimum atomic E-state index is -1.54. The van der Waals surface area contributed by atoms with E-state index in [0.717, 1.165) is 61.0 Å². The highest BCUT2D eigenvalue weighted by Crippen LogP contribution is 2.62. The molecule has 1 saturated heterocycles. The molecule has 7 rings (SSSR count). The fourth-order valence-corrected chi connectivity index (χ4v) is 10.2. The van der Waals surface area contributed by atoms with Crippen LogP contribution in [0.1, 0.15) is 92.6 Å². The Morgan fingerprint density at radius 2 is 1.84 bits per heavy atom. The Hall–Kier alpha value is -5.49. The summed E-state index contributed by atoms with van der Waals surface area (Å²) >= 11 is 0. The second-order valence-corrected chi connectivity index (χ2v) is 17.8. The van der Waals surface area contributed by atoms with E-state index in [-0.39, 0.29) is 82.7 Å². The van der Waals surface area contributed by atoms with Crippen LogP contribution >= 0.6 is 0 Å². The zero-order chi connectivity index (χ0) is 47.9. The van der Waals surface area contributed by atoms with Gasteiger partial charge in [0.15, 0.2) is 0 Å². The molecule has 1 aromatic heterocycles. The summed E-state index contributed by atoms with van der Waals surface area (Å²) in [5, 5.41) is 46.0. The third-order valence-electron chi connectivity index (χ3n) is 13.3. The molecule has 1 saturated carbocycles. The summed E-state index contributed by atoms with van der Waals surface area (Å²) in [5.41, 5.74) is 4.60. The second-order valence-electron chi connectivity index (χ2n) is 17.8. The molecule has 2 aromatic carbocycles. The number of nitrogens with zero attached hydrogens (tertiary/aromatic N) is 4. The molecule has 2 fully saturated rings. The highest BCUT2D eigenvalue weighted by Gasteiger charge is 2.65. The number of nitro benzene ring substituents is 1. The molecule has 16 heteroatoms. The predicted octanol–water partition coefficient (Wildman–Crippen LogP) is 7.59. The van der Waals surface area contributed by atoms with Gasteiger partial charge in [0.05, 0.1) is 55.3 Å². The molecule has 3 N–H and O–H groups in total. The number of aliphatic hydroxyl groups excluding tert-OH is 3. The normalized spacial score (nSPS) is 24.6. The number of allylic oxidation sites excluding steroid dienone is 1. The van der Waals surface area contributed by atoms with E-state index in [2.05, 4.69) is 17.6 Å². The lowest BCUT2D eigenvalue weighted by molar-refractivity contribution is -0.384. The number of benzene rings is 2. The van der Waals surface area contributed by atoms with E-state index in [0.29, 0.717) is 48.6 Å². The van der Waals surface area contributed by atoms with Gasteiger partial charge in [0.25, 0.3) is 5.69 Å². The van der Waals surface area contributed by atoms with Gasteiger partial charge in [0.1, 0.15) is 24.1 Å². The van der Waals surface area contributed by atoms with Crippen LogP contribution in [0.5, 0.6) is 11.5 Å². The van der Waals surface area contributed by atoms with Gasteiger partial charge in [-0.2, -0.15) is 0 Å². The van der Waals surface area contributed by atoms with Crippen LogP contribution in [0.15, 0.2) is 96.2 Å². The molecule has 68 heavy (non-hydrogen) atoms. The Morgan fingerprint density at radius 1 is 1.03 bits per heavy atom. The molecule has 2 aliphatic carbocycles. The van der Waals surface area contributed by atoms with Crippen LogP contribution in [0, 0.1) is 34.8 Å². The number of carbonyl (C=O) groups excluding carboxylic acids is 1. The van der Waals surface area contributed by atoms with E-state index in [1.54, 1.807) is 29.2 Å². The molecule has 2 aliphatic heterocycles. The number of unbranched alkanes of at least 4 members (excludes halogenated alkanes) is 2.